The highest BCUT2D eigenvalue weighted by atomic mass is 16.5. The smallest absolute Gasteiger partial charge is 0.333 e. The first-order chi connectivity index (χ1) is 15.3. The number of aliphatic carboxylic acids is 1. The quantitative estimate of drug-likeness (QED) is 0.571. The van der Waals surface area contributed by atoms with Gasteiger partial charge in [0.2, 0.25) is 0 Å². The van der Waals surface area contributed by atoms with Crippen molar-refractivity contribution in [3.05, 3.63) is 64.7 Å². The molecule has 0 saturated heterocycles. The Kier molecular flexibility index (Phi) is 7.64. The number of hydrogen-bond donors (Lipinski definition) is 1. The zero-order valence-electron chi connectivity index (χ0n) is 18.8. The molecule has 1 atom stereocenters. The topological polar surface area (TPSA) is 87.2 Å². The third-order valence-electron chi connectivity index (χ3n) is 5.64. The summed E-state index contributed by atoms with van der Waals surface area (Å²) in [6.45, 7) is 5.10. The minimum absolute atomic E-state index is 0.00261. The summed E-state index contributed by atoms with van der Waals surface area (Å²) in [5.41, 5.74) is 4.14. The monoisotopic (exact) mass is 438 g/mol. The van der Waals surface area contributed by atoms with E-state index in [0.29, 0.717) is 43.8 Å². The minimum atomic E-state index is -0.998. The summed E-state index contributed by atoms with van der Waals surface area (Å²) in [6.07, 6.45) is 0.274. The van der Waals surface area contributed by atoms with Crippen LogP contribution in [0.1, 0.15) is 51.6 Å². The molecule has 0 aromatic heterocycles. The van der Waals surface area contributed by atoms with Crippen LogP contribution in [0.2, 0.25) is 0 Å². The van der Waals surface area contributed by atoms with Crippen molar-refractivity contribution in [2.45, 2.75) is 39.2 Å². The van der Waals surface area contributed by atoms with Crippen LogP contribution in [0.15, 0.2) is 42.5 Å². The Morgan fingerprint density at radius 1 is 1.16 bits per heavy atom. The van der Waals surface area contributed by atoms with E-state index in [1.165, 1.54) is 0 Å². The molecule has 1 N–H and O–H groups in total. The van der Waals surface area contributed by atoms with Gasteiger partial charge < -0.3 is 19.6 Å². The Labute approximate surface area is 188 Å². The average Bonchev–Trinajstić information content (AvgIpc) is 2.77. The van der Waals surface area contributed by atoms with Crippen molar-refractivity contribution in [1.29, 1.82) is 0 Å². The molecule has 0 saturated carbocycles. The Bertz CT molecular complexity index is 986. The van der Waals surface area contributed by atoms with Crippen molar-refractivity contribution in [3.8, 4) is 0 Å². The van der Waals surface area contributed by atoms with Gasteiger partial charge >= 0.3 is 5.97 Å². The van der Waals surface area contributed by atoms with E-state index in [9.17, 15) is 19.5 Å². The van der Waals surface area contributed by atoms with Gasteiger partial charge in [0.05, 0.1) is 17.9 Å². The van der Waals surface area contributed by atoms with E-state index in [0.717, 1.165) is 16.8 Å². The lowest BCUT2D eigenvalue weighted by Crippen LogP contribution is -2.45. The van der Waals surface area contributed by atoms with Crippen LogP contribution in [0, 0.1) is 6.92 Å². The number of fused-ring (bicyclic) bond motifs is 1. The molecule has 0 fully saturated rings. The predicted octanol–water partition coefficient (Wildman–Crippen LogP) is 3.54. The van der Waals surface area contributed by atoms with Gasteiger partial charge in [-0.15, -0.1) is 0 Å². The molecule has 0 bridgehead atoms. The summed E-state index contributed by atoms with van der Waals surface area (Å²) in [6, 6.07) is 12.8. The maximum Gasteiger partial charge on any atom is 0.333 e. The van der Waals surface area contributed by atoms with Gasteiger partial charge in [-0.05, 0) is 43.5 Å². The second-order valence-corrected chi connectivity index (χ2v) is 8.14. The summed E-state index contributed by atoms with van der Waals surface area (Å²) >= 11 is 0. The first-order valence-corrected chi connectivity index (χ1v) is 10.9. The van der Waals surface area contributed by atoms with Crippen LogP contribution >= 0.6 is 0 Å². The molecule has 2 aromatic rings. The normalized spacial score (nSPS) is 14.3. The number of carboxylic acid groups (broad SMARTS) is 1. The van der Waals surface area contributed by atoms with Crippen molar-refractivity contribution in [2.24, 2.45) is 0 Å². The van der Waals surface area contributed by atoms with Crippen molar-refractivity contribution in [1.82, 2.24) is 4.90 Å². The lowest BCUT2D eigenvalue weighted by Gasteiger charge is -2.36. The molecule has 0 spiro atoms. The van der Waals surface area contributed by atoms with Gasteiger partial charge in [-0.2, -0.15) is 0 Å². The number of carboxylic acids is 1. The number of amides is 1. The van der Waals surface area contributed by atoms with Crippen LogP contribution in [-0.2, 0) is 16.0 Å². The molecule has 7 nitrogen and oxygen atoms in total. The summed E-state index contributed by atoms with van der Waals surface area (Å²) in [4.78, 5) is 40.4. The third-order valence-corrected chi connectivity index (χ3v) is 5.64. The first kappa shape index (κ1) is 23.5. The fourth-order valence-corrected chi connectivity index (χ4v) is 3.91. The van der Waals surface area contributed by atoms with E-state index in [1.54, 1.807) is 36.1 Å². The average molecular weight is 439 g/mol. The molecular formula is C25H30N2O5. The summed E-state index contributed by atoms with van der Waals surface area (Å²) in [5, 5.41) is 9.20. The molecule has 1 aliphatic heterocycles. The highest BCUT2D eigenvalue weighted by Gasteiger charge is 2.27. The molecule has 1 heterocycles. The van der Waals surface area contributed by atoms with Gasteiger partial charge in [-0.1, -0.05) is 30.3 Å². The highest BCUT2D eigenvalue weighted by molar-refractivity contribution is 6.01. The highest BCUT2D eigenvalue weighted by Crippen LogP contribution is 2.27. The molecule has 0 aliphatic carbocycles. The molecule has 1 aliphatic rings. The number of anilines is 1. The molecule has 170 valence electrons. The third kappa shape index (κ3) is 5.53. The Morgan fingerprint density at radius 3 is 2.53 bits per heavy atom. The number of rotatable bonds is 10. The fraction of sp³-hybridized carbons (Fsp3) is 0.400. The van der Waals surface area contributed by atoms with Gasteiger partial charge in [-0.3, -0.25) is 9.59 Å². The van der Waals surface area contributed by atoms with Crippen molar-refractivity contribution >= 4 is 23.3 Å². The molecule has 1 amide bonds. The van der Waals surface area contributed by atoms with E-state index in [2.05, 4.69) is 4.90 Å². The summed E-state index contributed by atoms with van der Waals surface area (Å²) in [7, 11) is 1.96. The standard InChI is InChI=1S/C25H30N2O5/c1-4-32-23(25(30)31)15-18-8-10-19(11-9-18)22(28)6-5-13-27-16-26(3)21-14-17(2)7-12-20(21)24(27)29/h7-12,14,23H,4-6,13,15-16H2,1-3H3,(H,30,31). The SMILES string of the molecule is CCOC(Cc1ccc(C(=O)CCCN2CN(C)c3cc(C)ccc3C2=O)cc1)C(=O)O. The van der Waals surface area contributed by atoms with Gasteiger partial charge in [0, 0.05) is 38.6 Å². The Hall–Kier alpha value is -3.19. The van der Waals surface area contributed by atoms with E-state index in [4.69, 9.17) is 4.74 Å². The molecule has 1 unspecified atom stereocenters. The number of nitrogens with zero attached hydrogens (tertiary/aromatic N) is 2. The number of benzene rings is 2. The van der Waals surface area contributed by atoms with Crippen molar-refractivity contribution in [2.75, 3.05) is 31.8 Å². The lowest BCUT2D eigenvalue weighted by atomic mass is 10.0. The zero-order valence-corrected chi connectivity index (χ0v) is 18.8. The Morgan fingerprint density at radius 2 is 1.88 bits per heavy atom. The number of Topliss-reactive ketones (excluding diaryl/α,β-unsaturated/α-hetero) is 1. The number of aryl methyl sites for hydroxylation is 1. The van der Waals surface area contributed by atoms with Gasteiger partial charge in [0.25, 0.3) is 5.91 Å². The molecule has 2 aromatic carbocycles. The molecular weight excluding hydrogens is 408 g/mol. The largest absolute Gasteiger partial charge is 0.479 e. The van der Waals surface area contributed by atoms with Crippen LogP contribution in [0.3, 0.4) is 0 Å². The fourth-order valence-electron chi connectivity index (χ4n) is 3.91. The van der Waals surface area contributed by atoms with Gasteiger partial charge in [0.15, 0.2) is 11.9 Å². The van der Waals surface area contributed by atoms with E-state index in [-0.39, 0.29) is 18.1 Å². The van der Waals surface area contributed by atoms with Gasteiger partial charge in [0.1, 0.15) is 0 Å². The first-order valence-electron chi connectivity index (χ1n) is 10.9. The van der Waals surface area contributed by atoms with Crippen LogP contribution < -0.4 is 4.90 Å². The van der Waals surface area contributed by atoms with Crippen molar-refractivity contribution < 1.29 is 24.2 Å². The van der Waals surface area contributed by atoms with Gasteiger partial charge in [-0.25, -0.2) is 4.79 Å². The zero-order chi connectivity index (χ0) is 23.3. The maximum atomic E-state index is 12.8. The summed E-state index contributed by atoms with van der Waals surface area (Å²) < 4.78 is 5.24. The number of ether oxygens (including phenoxy) is 1. The second kappa shape index (κ2) is 10.4. The van der Waals surface area contributed by atoms with Crippen LogP contribution in [0.4, 0.5) is 5.69 Å². The number of carbonyl (C=O) groups excluding carboxylic acids is 2. The van der Waals surface area contributed by atoms with Crippen LogP contribution in [0.25, 0.3) is 0 Å². The second-order valence-electron chi connectivity index (χ2n) is 8.14. The lowest BCUT2D eigenvalue weighted by molar-refractivity contribution is -0.149. The number of carbonyl (C=O) groups is 3. The predicted molar refractivity (Wildman–Crippen MR) is 122 cm³/mol. The van der Waals surface area contributed by atoms with Crippen molar-refractivity contribution in [3.63, 3.8) is 0 Å². The molecule has 3 rings (SSSR count). The van der Waals surface area contributed by atoms with E-state index < -0.39 is 12.1 Å². The Balaban J connectivity index is 1.53. The molecule has 32 heavy (non-hydrogen) atoms. The van der Waals surface area contributed by atoms with E-state index in [1.807, 2.05) is 32.2 Å². The molecule has 0 radical (unpaired) electrons. The number of ketones is 1. The molecule has 7 heteroatoms. The van der Waals surface area contributed by atoms with E-state index >= 15 is 0 Å². The minimum Gasteiger partial charge on any atom is -0.479 e. The van der Waals surface area contributed by atoms with Crippen LogP contribution in [0.5, 0.6) is 0 Å². The summed E-state index contributed by atoms with van der Waals surface area (Å²) in [5.74, 6) is -0.996. The maximum absolute atomic E-state index is 12.8. The van der Waals surface area contributed by atoms with Crippen LogP contribution in [-0.4, -0.2) is 60.6 Å². The number of hydrogen-bond acceptors (Lipinski definition) is 5.